The van der Waals surface area contributed by atoms with Crippen molar-refractivity contribution >= 4 is 35.3 Å². The Kier molecular flexibility index (Phi) is 8.61. The molecule has 5 rings (SSSR count). The van der Waals surface area contributed by atoms with Crippen LogP contribution in [0.1, 0.15) is 89.9 Å². The lowest BCUT2D eigenvalue weighted by atomic mass is 9.85. The van der Waals surface area contributed by atoms with E-state index in [2.05, 4.69) is 29.8 Å². The average molecular weight is 622 g/mol. The fraction of sp³-hybridized carbons (Fsp3) is 0.647. The van der Waals surface area contributed by atoms with Crippen molar-refractivity contribution in [3.8, 4) is 0 Å². The van der Waals surface area contributed by atoms with Crippen LogP contribution in [0.2, 0.25) is 0 Å². The van der Waals surface area contributed by atoms with Crippen LogP contribution in [0.15, 0.2) is 30.3 Å². The second kappa shape index (κ2) is 11.9. The maximum absolute atomic E-state index is 14.3. The van der Waals surface area contributed by atoms with Crippen molar-refractivity contribution in [1.82, 2.24) is 20.9 Å². The molecule has 1 aromatic carbocycles. The average Bonchev–Trinajstić information content (AvgIpc) is 3.72. The number of benzene rings is 1. The number of nitrogens with zero attached hydrogens (tertiary/aromatic N) is 1. The van der Waals surface area contributed by atoms with Crippen LogP contribution in [-0.2, 0) is 19.2 Å². The van der Waals surface area contributed by atoms with Crippen molar-refractivity contribution in [3.05, 3.63) is 35.9 Å². The van der Waals surface area contributed by atoms with Crippen LogP contribution in [0.4, 0.5) is 4.79 Å². The molecule has 0 spiro atoms. The minimum Gasteiger partial charge on any atom is -0.363 e. The van der Waals surface area contributed by atoms with Crippen molar-refractivity contribution in [2.24, 2.45) is 34.3 Å². The largest absolute Gasteiger partial charge is 0.363 e. The zero-order valence-corrected chi connectivity index (χ0v) is 27.0. The normalized spacial score (nSPS) is 25.8. The summed E-state index contributed by atoms with van der Waals surface area (Å²) in [6.45, 7) is 9.95. The van der Waals surface area contributed by atoms with Crippen molar-refractivity contribution in [3.63, 3.8) is 0 Å². The Labute approximate surface area is 264 Å². The summed E-state index contributed by atoms with van der Waals surface area (Å²) in [5.41, 5.74) is 3.83. The van der Waals surface area contributed by atoms with Crippen LogP contribution >= 0.6 is 0 Å². The summed E-state index contributed by atoms with van der Waals surface area (Å²) in [7, 11) is 0. The molecule has 3 saturated carbocycles. The molecule has 4 aliphatic rings. The van der Waals surface area contributed by atoms with Gasteiger partial charge in [0, 0.05) is 12.1 Å². The number of carbonyl (C=O) groups excluding carboxylic acids is 6. The third kappa shape index (κ3) is 6.49. The van der Waals surface area contributed by atoms with Crippen LogP contribution in [0.3, 0.4) is 0 Å². The number of nitrogens with one attached hydrogen (secondary N) is 3. The molecule has 3 aliphatic carbocycles. The van der Waals surface area contributed by atoms with Gasteiger partial charge in [-0.15, -0.1) is 0 Å². The van der Waals surface area contributed by atoms with Gasteiger partial charge < -0.3 is 26.6 Å². The van der Waals surface area contributed by atoms with Crippen LogP contribution in [-0.4, -0.2) is 70.4 Å². The molecule has 11 heteroatoms. The number of piperidine rings is 1. The summed E-state index contributed by atoms with van der Waals surface area (Å²) < 4.78 is 0. The number of hydrogen-bond donors (Lipinski definition) is 4. The molecule has 5 N–H and O–H groups in total. The number of hydrogen-bond acceptors (Lipinski definition) is 6. The quantitative estimate of drug-likeness (QED) is 0.219. The molecule has 1 aromatic rings. The number of urea groups is 1. The highest BCUT2D eigenvalue weighted by atomic mass is 16.2. The van der Waals surface area contributed by atoms with Gasteiger partial charge in [-0.1, -0.05) is 90.6 Å². The van der Waals surface area contributed by atoms with E-state index < -0.39 is 58.6 Å². The number of Topliss-reactive ketones (excluding diaryl/α,β-unsaturated/α-hetero) is 2. The predicted octanol–water partition coefficient (Wildman–Crippen LogP) is 2.72. The van der Waals surface area contributed by atoms with E-state index in [1.165, 1.54) is 4.90 Å². The molecule has 1 heterocycles. The van der Waals surface area contributed by atoms with E-state index in [0.717, 1.165) is 25.7 Å². The van der Waals surface area contributed by atoms with Crippen LogP contribution in [0, 0.1) is 28.6 Å². The van der Waals surface area contributed by atoms with Gasteiger partial charge in [0.15, 0.2) is 5.78 Å². The molecule has 5 amide bonds. The highest BCUT2D eigenvalue weighted by molar-refractivity contribution is 6.37. The van der Waals surface area contributed by atoms with E-state index >= 15 is 0 Å². The third-order valence-corrected chi connectivity index (χ3v) is 10.6. The standard InChI is InChI=1S/C34H47N5O6/c1-32(2,3)26(37-31(45)38-34(15-9-10-16-34)27(41)20-11-7-6-8-12-20)30(44)39-18-21-23(33(21,4)5)24(39)29(43)36-22(17-19-13-14-19)25(40)28(35)42/h6-8,11-12,19,21-24,26H,9-10,13-18H2,1-5H3,(H2,35,42)(H,36,43)(H2,37,38,45)/t21-,22?,23-,24-,26+/m0/s1. The molecule has 45 heavy (non-hydrogen) atoms. The van der Waals surface area contributed by atoms with Crippen molar-refractivity contribution in [1.29, 1.82) is 0 Å². The highest BCUT2D eigenvalue weighted by Gasteiger charge is 2.70. The van der Waals surface area contributed by atoms with E-state index in [0.29, 0.717) is 31.4 Å². The Morgan fingerprint density at radius 2 is 1.60 bits per heavy atom. The second-order valence-electron chi connectivity index (χ2n) is 15.2. The van der Waals surface area contributed by atoms with E-state index in [4.69, 9.17) is 5.73 Å². The molecule has 1 aliphatic heterocycles. The topological polar surface area (TPSA) is 168 Å². The molecular formula is C34H47N5O6. The first-order valence-electron chi connectivity index (χ1n) is 16.2. The van der Waals surface area contributed by atoms with Gasteiger partial charge in [-0.05, 0) is 47.8 Å². The molecule has 5 atom stereocenters. The fourth-order valence-electron chi connectivity index (χ4n) is 7.61. The van der Waals surface area contributed by atoms with Crippen LogP contribution in [0.5, 0.6) is 0 Å². The van der Waals surface area contributed by atoms with Gasteiger partial charge in [0.2, 0.25) is 17.6 Å². The molecule has 11 nitrogen and oxygen atoms in total. The Balaban J connectivity index is 1.34. The minimum atomic E-state index is -1.10. The maximum Gasteiger partial charge on any atom is 0.316 e. The molecule has 0 radical (unpaired) electrons. The minimum absolute atomic E-state index is 0.0746. The summed E-state index contributed by atoms with van der Waals surface area (Å²) in [5, 5.41) is 8.59. The summed E-state index contributed by atoms with van der Waals surface area (Å²) in [4.78, 5) is 81.2. The van der Waals surface area contributed by atoms with Crippen molar-refractivity contribution < 1.29 is 28.8 Å². The lowest BCUT2D eigenvalue weighted by Crippen LogP contribution is -2.63. The van der Waals surface area contributed by atoms with E-state index in [1.807, 2.05) is 26.8 Å². The fourth-order valence-corrected chi connectivity index (χ4v) is 7.61. The van der Waals surface area contributed by atoms with Gasteiger partial charge in [-0.25, -0.2) is 4.79 Å². The molecule has 0 bridgehead atoms. The van der Waals surface area contributed by atoms with Crippen LogP contribution in [0.25, 0.3) is 0 Å². The van der Waals surface area contributed by atoms with E-state index in [9.17, 15) is 28.8 Å². The summed E-state index contributed by atoms with van der Waals surface area (Å²) in [6.07, 6.45) is 4.77. The smallest absolute Gasteiger partial charge is 0.316 e. The monoisotopic (exact) mass is 621 g/mol. The first kappa shape index (κ1) is 32.6. The van der Waals surface area contributed by atoms with Gasteiger partial charge in [-0.3, -0.25) is 24.0 Å². The van der Waals surface area contributed by atoms with Crippen molar-refractivity contribution in [2.45, 2.75) is 103 Å². The Morgan fingerprint density at radius 1 is 0.978 bits per heavy atom. The summed E-state index contributed by atoms with van der Waals surface area (Å²) in [6, 6.07) is 5.36. The van der Waals surface area contributed by atoms with Gasteiger partial charge >= 0.3 is 6.03 Å². The number of ketones is 2. The lowest BCUT2D eigenvalue weighted by molar-refractivity contribution is -0.145. The first-order chi connectivity index (χ1) is 21.1. The summed E-state index contributed by atoms with van der Waals surface area (Å²) >= 11 is 0. The summed E-state index contributed by atoms with van der Waals surface area (Å²) in [5.74, 6) is -2.80. The molecular weight excluding hydrogens is 574 g/mol. The van der Waals surface area contributed by atoms with E-state index in [1.54, 1.807) is 24.3 Å². The number of amides is 5. The lowest BCUT2D eigenvalue weighted by Gasteiger charge is -2.38. The van der Waals surface area contributed by atoms with Gasteiger partial charge in [-0.2, -0.15) is 0 Å². The highest BCUT2D eigenvalue weighted by Crippen LogP contribution is 2.65. The van der Waals surface area contributed by atoms with Gasteiger partial charge in [0.05, 0.1) is 6.04 Å². The number of carbonyl (C=O) groups is 6. The molecule has 4 fully saturated rings. The van der Waals surface area contributed by atoms with Crippen LogP contribution < -0.4 is 21.7 Å². The Bertz CT molecular complexity index is 1370. The Hall–Kier alpha value is -3.76. The zero-order valence-electron chi connectivity index (χ0n) is 27.0. The number of likely N-dealkylation sites (tertiary alicyclic amines) is 1. The SMILES string of the molecule is CC(C)(C)[C@H](NC(=O)NC1(C(=O)c2ccccc2)CCCC1)C(=O)N1C[C@H]2[C@@H]([C@H]1C(=O)NC(CC1CC1)C(=O)C(N)=O)C2(C)C. The number of rotatable bonds is 11. The van der Waals surface area contributed by atoms with Gasteiger partial charge in [0.25, 0.3) is 5.91 Å². The van der Waals surface area contributed by atoms with Crippen molar-refractivity contribution in [2.75, 3.05) is 6.54 Å². The maximum atomic E-state index is 14.3. The molecule has 244 valence electrons. The predicted molar refractivity (Wildman–Crippen MR) is 167 cm³/mol. The number of primary amides is 1. The third-order valence-electron chi connectivity index (χ3n) is 10.6. The van der Waals surface area contributed by atoms with E-state index in [-0.39, 0.29) is 29.0 Å². The number of nitrogens with two attached hydrogens (primary N) is 1. The second-order valence-corrected chi connectivity index (χ2v) is 15.2. The zero-order chi connectivity index (χ0) is 32.9. The number of fused-ring (bicyclic) bond motifs is 1. The van der Waals surface area contributed by atoms with Gasteiger partial charge in [0.1, 0.15) is 17.6 Å². The molecule has 0 aromatic heterocycles. The first-order valence-corrected chi connectivity index (χ1v) is 16.2. The molecule has 1 saturated heterocycles. The molecule has 1 unspecified atom stereocenters. The Morgan fingerprint density at radius 3 is 2.16 bits per heavy atom.